The van der Waals surface area contributed by atoms with Crippen LogP contribution < -0.4 is 0 Å². The molecule has 18 heavy (non-hydrogen) atoms. The minimum atomic E-state index is -4.54. The standard InChI is InChI=1S/C12H11F3O3/c1-2-4-10(16)18-11(17)8-5-3-6-9(7-8)12(13,14)15/h3,5-7H,2,4H2,1H3. The summed E-state index contributed by atoms with van der Waals surface area (Å²) in [7, 11) is 0. The lowest BCUT2D eigenvalue weighted by Gasteiger charge is -2.08. The maximum atomic E-state index is 12.4. The average Bonchev–Trinajstić information content (AvgIpc) is 2.28. The number of ether oxygens (including phenoxy) is 1. The fraction of sp³-hybridized carbons (Fsp3) is 0.333. The molecule has 0 aromatic heterocycles. The van der Waals surface area contributed by atoms with Crippen LogP contribution in [-0.2, 0) is 15.7 Å². The van der Waals surface area contributed by atoms with Crippen molar-refractivity contribution in [2.45, 2.75) is 25.9 Å². The van der Waals surface area contributed by atoms with Crippen LogP contribution in [0.1, 0.15) is 35.7 Å². The summed E-state index contributed by atoms with van der Waals surface area (Å²) >= 11 is 0. The van der Waals surface area contributed by atoms with Gasteiger partial charge in [0.15, 0.2) is 0 Å². The van der Waals surface area contributed by atoms with Gasteiger partial charge in [-0.3, -0.25) is 4.79 Å². The molecule has 0 fully saturated rings. The number of hydrogen-bond donors (Lipinski definition) is 0. The van der Waals surface area contributed by atoms with Crippen molar-refractivity contribution in [3.05, 3.63) is 35.4 Å². The molecular weight excluding hydrogens is 249 g/mol. The van der Waals surface area contributed by atoms with Crippen LogP contribution in [0.25, 0.3) is 0 Å². The fourth-order valence-electron chi connectivity index (χ4n) is 1.24. The van der Waals surface area contributed by atoms with Crippen molar-refractivity contribution < 1.29 is 27.5 Å². The van der Waals surface area contributed by atoms with Gasteiger partial charge < -0.3 is 4.74 Å². The third-order valence-corrected chi connectivity index (χ3v) is 2.09. The zero-order valence-corrected chi connectivity index (χ0v) is 9.58. The van der Waals surface area contributed by atoms with Gasteiger partial charge in [0.2, 0.25) is 0 Å². The van der Waals surface area contributed by atoms with Gasteiger partial charge in [-0.2, -0.15) is 13.2 Å². The average molecular weight is 260 g/mol. The number of benzene rings is 1. The van der Waals surface area contributed by atoms with E-state index in [1.807, 2.05) is 0 Å². The molecule has 0 radical (unpaired) electrons. The number of esters is 2. The summed E-state index contributed by atoms with van der Waals surface area (Å²) in [4.78, 5) is 22.4. The van der Waals surface area contributed by atoms with E-state index in [9.17, 15) is 22.8 Å². The van der Waals surface area contributed by atoms with Crippen LogP contribution in [0.4, 0.5) is 13.2 Å². The quantitative estimate of drug-likeness (QED) is 0.619. The zero-order chi connectivity index (χ0) is 13.8. The number of halogens is 3. The second-order valence-corrected chi connectivity index (χ2v) is 3.59. The van der Waals surface area contributed by atoms with Crippen molar-refractivity contribution >= 4 is 11.9 Å². The molecule has 0 aliphatic heterocycles. The van der Waals surface area contributed by atoms with Gasteiger partial charge in [-0.05, 0) is 24.6 Å². The first-order valence-electron chi connectivity index (χ1n) is 5.27. The minimum absolute atomic E-state index is 0.0463. The molecular formula is C12H11F3O3. The topological polar surface area (TPSA) is 43.4 Å². The van der Waals surface area contributed by atoms with E-state index in [-0.39, 0.29) is 12.0 Å². The first-order valence-corrected chi connectivity index (χ1v) is 5.27. The molecule has 98 valence electrons. The van der Waals surface area contributed by atoms with Crippen molar-refractivity contribution in [2.75, 3.05) is 0 Å². The van der Waals surface area contributed by atoms with E-state index in [0.29, 0.717) is 12.5 Å². The number of carbonyl (C=O) groups excluding carboxylic acids is 2. The molecule has 0 bridgehead atoms. The Hall–Kier alpha value is -1.85. The fourth-order valence-corrected chi connectivity index (χ4v) is 1.24. The van der Waals surface area contributed by atoms with Crippen molar-refractivity contribution in [3.8, 4) is 0 Å². The van der Waals surface area contributed by atoms with Crippen LogP contribution in [0.2, 0.25) is 0 Å². The van der Waals surface area contributed by atoms with Crippen LogP contribution in [0.15, 0.2) is 24.3 Å². The lowest BCUT2D eigenvalue weighted by atomic mass is 10.1. The molecule has 0 unspecified atom stereocenters. The third-order valence-electron chi connectivity index (χ3n) is 2.09. The molecule has 1 aromatic carbocycles. The van der Waals surface area contributed by atoms with E-state index in [0.717, 1.165) is 18.2 Å². The maximum Gasteiger partial charge on any atom is 0.416 e. The normalized spacial score (nSPS) is 11.1. The summed E-state index contributed by atoms with van der Waals surface area (Å²) in [6, 6.07) is 3.74. The van der Waals surface area contributed by atoms with Gasteiger partial charge in [-0.1, -0.05) is 13.0 Å². The van der Waals surface area contributed by atoms with Gasteiger partial charge in [0, 0.05) is 6.42 Å². The maximum absolute atomic E-state index is 12.4. The van der Waals surface area contributed by atoms with Crippen molar-refractivity contribution in [3.63, 3.8) is 0 Å². The van der Waals surface area contributed by atoms with Gasteiger partial charge in [0.25, 0.3) is 0 Å². The second-order valence-electron chi connectivity index (χ2n) is 3.59. The Morgan fingerprint density at radius 1 is 1.28 bits per heavy atom. The van der Waals surface area contributed by atoms with Gasteiger partial charge in [-0.25, -0.2) is 4.79 Å². The van der Waals surface area contributed by atoms with Crippen LogP contribution in [0.3, 0.4) is 0 Å². The Labute approximate surface area is 102 Å². The van der Waals surface area contributed by atoms with Crippen LogP contribution in [-0.4, -0.2) is 11.9 Å². The lowest BCUT2D eigenvalue weighted by Crippen LogP contribution is -2.13. The highest BCUT2D eigenvalue weighted by Gasteiger charge is 2.31. The number of hydrogen-bond acceptors (Lipinski definition) is 3. The molecule has 0 saturated heterocycles. The largest absolute Gasteiger partial charge is 0.416 e. The molecule has 1 rings (SSSR count). The van der Waals surface area contributed by atoms with Crippen molar-refractivity contribution in [1.29, 1.82) is 0 Å². The molecule has 6 heteroatoms. The van der Waals surface area contributed by atoms with E-state index in [4.69, 9.17) is 0 Å². The van der Waals surface area contributed by atoms with Crippen LogP contribution in [0.5, 0.6) is 0 Å². The summed E-state index contributed by atoms with van der Waals surface area (Å²) in [6.45, 7) is 1.72. The third kappa shape index (κ3) is 3.87. The summed E-state index contributed by atoms with van der Waals surface area (Å²) in [5, 5.41) is 0. The monoisotopic (exact) mass is 260 g/mol. The summed E-state index contributed by atoms with van der Waals surface area (Å²) < 4.78 is 41.6. The van der Waals surface area contributed by atoms with Gasteiger partial charge in [0.05, 0.1) is 11.1 Å². The number of alkyl halides is 3. The van der Waals surface area contributed by atoms with Gasteiger partial charge >= 0.3 is 18.1 Å². The minimum Gasteiger partial charge on any atom is -0.389 e. The van der Waals surface area contributed by atoms with E-state index in [1.165, 1.54) is 0 Å². The first-order chi connectivity index (χ1) is 8.34. The van der Waals surface area contributed by atoms with Crippen molar-refractivity contribution in [1.82, 2.24) is 0 Å². The van der Waals surface area contributed by atoms with Crippen LogP contribution >= 0.6 is 0 Å². The lowest BCUT2D eigenvalue weighted by molar-refractivity contribution is -0.138. The molecule has 3 nitrogen and oxygen atoms in total. The predicted octanol–water partition coefficient (Wildman–Crippen LogP) is 3.19. The Balaban J connectivity index is 2.84. The van der Waals surface area contributed by atoms with E-state index in [2.05, 4.69) is 4.74 Å². The predicted molar refractivity (Wildman–Crippen MR) is 56.8 cm³/mol. The smallest absolute Gasteiger partial charge is 0.389 e. The highest BCUT2D eigenvalue weighted by molar-refractivity contribution is 5.96. The van der Waals surface area contributed by atoms with Gasteiger partial charge in [-0.15, -0.1) is 0 Å². The zero-order valence-electron chi connectivity index (χ0n) is 9.58. The Morgan fingerprint density at radius 3 is 2.50 bits per heavy atom. The van der Waals surface area contributed by atoms with E-state index >= 15 is 0 Å². The molecule has 1 aromatic rings. The Morgan fingerprint density at radius 2 is 1.94 bits per heavy atom. The Kier molecular flexibility index (Phi) is 4.47. The molecule has 0 aliphatic carbocycles. The van der Waals surface area contributed by atoms with E-state index in [1.54, 1.807) is 6.92 Å². The Bertz CT molecular complexity index is 452. The van der Waals surface area contributed by atoms with Gasteiger partial charge in [0.1, 0.15) is 0 Å². The molecule has 0 heterocycles. The summed E-state index contributed by atoms with van der Waals surface area (Å²) in [6.07, 6.45) is -4.00. The summed E-state index contributed by atoms with van der Waals surface area (Å²) in [5.74, 6) is -1.82. The molecule has 0 spiro atoms. The van der Waals surface area contributed by atoms with Crippen LogP contribution in [0, 0.1) is 0 Å². The van der Waals surface area contributed by atoms with Crippen molar-refractivity contribution in [2.24, 2.45) is 0 Å². The molecule has 0 atom stereocenters. The SMILES string of the molecule is CCCC(=O)OC(=O)c1cccc(C(F)(F)F)c1. The highest BCUT2D eigenvalue weighted by atomic mass is 19.4. The molecule has 0 aliphatic rings. The number of rotatable bonds is 3. The molecule has 0 amide bonds. The highest BCUT2D eigenvalue weighted by Crippen LogP contribution is 2.29. The number of carbonyl (C=O) groups is 2. The first kappa shape index (κ1) is 14.2. The summed E-state index contributed by atoms with van der Waals surface area (Å²) in [5.41, 5.74) is -1.26. The van der Waals surface area contributed by atoms with E-state index < -0.39 is 23.7 Å². The second kappa shape index (κ2) is 5.66. The molecule has 0 saturated carbocycles. The molecule has 0 N–H and O–H groups in total.